The van der Waals surface area contributed by atoms with E-state index in [1.54, 1.807) is 6.92 Å². The number of aromatic nitrogens is 4. The molecule has 1 heterocycles. The van der Waals surface area contributed by atoms with Gasteiger partial charge in [-0.3, -0.25) is 0 Å². The van der Waals surface area contributed by atoms with Crippen LogP contribution in [0.3, 0.4) is 0 Å². The summed E-state index contributed by atoms with van der Waals surface area (Å²) < 4.78 is 43.7. The Bertz CT molecular complexity index is 733. The quantitative estimate of drug-likeness (QED) is 0.820. The highest BCUT2D eigenvalue weighted by Gasteiger charge is 2.31. The number of benzene rings is 1. The molecular weight excluding hydrogens is 313 g/mol. The monoisotopic (exact) mass is 324 g/mol. The second kappa shape index (κ2) is 6.78. The molecule has 2 rings (SSSR count). The number of nitrogens with one attached hydrogen (secondary N) is 2. The zero-order valence-electron chi connectivity index (χ0n) is 11.8. The largest absolute Gasteiger partial charge is 0.492 e. The summed E-state index contributed by atoms with van der Waals surface area (Å²) in [5.41, 5.74) is -0.772. The van der Waals surface area contributed by atoms with Crippen molar-refractivity contribution in [3.05, 3.63) is 35.8 Å². The van der Waals surface area contributed by atoms with Crippen LogP contribution in [-0.2, 0) is 6.18 Å². The predicted octanol–water partition coefficient (Wildman–Crippen LogP) is 2.59. The molecular formula is C13H11F3N6O. The molecule has 10 heteroatoms. The first-order valence-corrected chi connectivity index (χ1v) is 6.40. The van der Waals surface area contributed by atoms with Gasteiger partial charge in [0, 0.05) is 6.20 Å². The van der Waals surface area contributed by atoms with E-state index in [4.69, 9.17) is 10.00 Å². The van der Waals surface area contributed by atoms with E-state index in [2.05, 4.69) is 25.9 Å². The van der Waals surface area contributed by atoms with Crippen LogP contribution in [0.25, 0.3) is 5.57 Å². The summed E-state index contributed by atoms with van der Waals surface area (Å²) in [6.07, 6.45) is -3.31. The maximum absolute atomic E-state index is 12.8. The van der Waals surface area contributed by atoms with Gasteiger partial charge in [0.1, 0.15) is 17.4 Å². The molecule has 120 valence electrons. The number of hydrogen-bond acceptors (Lipinski definition) is 6. The predicted molar refractivity (Wildman–Crippen MR) is 74.0 cm³/mol. The fraction of sp³-hybridized carbons (Fsp3) is 0.231. The fourth-order valence-electron chi connectivity index (χ4n) is 1.67. The molecule has 0 fully saturated rings. The lowest BCUT2D eigenvalue weighted by Crippen LogP contribution is -2.06. The van der Waals surface area contributed by atoms with E-state index in [-0.39, 0.29) is 29.4 Å². The number of aromatic amines is 1. The molecule has 1 aromatic carbocycles. The van der Waals surface area contributed by atoms with Crippen molar-refractivity contribution in [2.24, 2.45) is 0 Å². The van der Waals surface area contributed by atoms with Crippen molar-refractivity contribution in [1.82, 2.24) is 20.6 Å². The number of anilines is 1. The SMILES string of the molecule is CCOc1ccc(C(F)(F)F)cc1NC=C(C#N)c1nn[nH]n1. The normalized spacial score (nSPS) is 11.9. The number of hydrogen-bond donors (Lipinski definition) is 2. The average molecular weight is 324 g/mol. The second-order valence-corrected chi connectivity index (χ2v) is 4.19. The van der Waals surface area contributed by atoms with Crippen molar-refractivity contribution < 1.29 is 17.9 Å². The topological polar surface area (TPSA) is 99.5 Å². The number of nitrogens with zero attached hydrogens (tertiary/aromatic N) is 4. The summed E-state index contributed by atoms with van der Waals surface area (Å²) in [7, 11) is 0. The minimum atomic E-state index is -4.49. The molecule has 0 aliphatic carbocycles. The third-order valence-electron chi connectivity index (χ3n) is 2.69. The Kier molecular flexibility index (Phi) is 4.80. The molecule has 0 amide bonds. The van der Waals surface area contributed by atoms with Crippen LogP contribution < -0.4 is 10.1 Å². The highest BCUT2D eigenvalue weighted by Crippen LogP contribution is 2.35. The van der Waals surface area contributed by atoms with Gasteiger partial charge in [0.05, 0.1) is 17.9 Å². The van der Waals surface area contributed by atoms with Crippen LogP contribution in [0.2, 0.25) is 0 Å². The minimum Gasteiger partial charge on any atom is -0.492 e. The third-order valence-corrected chi connectivity index (χ3v) is 2.69. The highest BCUT2D eigenvalue weighted by atomic mass is 19.4. The van der Waals surface area contributed by atoms with E-state index in [0.717, 1.165) is 12.1 Å². The molecule has 0 spiro atoms. The Balaban J connectivity index is 2.35. The lowest BCUT2D eigenvalue weighted by atomic mass is 10.1. The maximum Gasteiger partial charge on any atom is 0.416 e. The van der Waals surface area contributed by atoms with Crippen molar-refractivity contribution in [2.75, 3.05) is 11.9 Å². The maximum atomic E-state index is 12.8. The van der Waals surface area contributed by atoms with Crippen LogP contribution in [0.5, 0.6) is 5.75 Å². The molecule has 0 saturated carbocycles. The van der Waals surface area contributed by atoms with E-state index < -0.39 is 11.7 Å². The molecule has 0 bridgehead atoms. The molecule has 2 aromatic rings. The van der Waals surface area contributed by atoms with Gasteiger partial charge >= 0.3 is 6.18 Å². The number of ether oxygens (including phenoxy) is 1. The minimum absolute atomic E-state index is 0.00129. The van der Waals surface area contributed by atoms with Crippen molar-refractivity contribution in [1.29, 1.82) is 5.26 Å². The molecule has 0 unspecified atom stereocenters. The number of halogens is 3. The van der Waals surface area contributed by atoms with Gasteiger partial charge in [-0.15, -0.1) is 10.2 Å². The zero-order valence-corrected chi connectivity index (χ0v) is 11.8. The highest BCUT2D eigenvalue weighted by molar-refractivity contribution is 5.75. The van der Waals surface area contributed by atoms with Crippen molar-refractivity contribution in [2.45, 2.75) is 13.1 Å². The first-order valence-electron chi connectivity index (χ1n) is 6.40. The summed E-state index contributed by atoms with van der Waals surface area (Å²) in [6, 6.07) is 4.85. The van der Waals surface area contributed by atoms with Gasteiger partial charge in [0.15, 0.2) is 0 Å². The van der Waals surface area contributed by atoms with E-state index in [1.165, 1.54) is 12.3 Å². The molecule has 0 radical (unpaired) electrons. The molecule has 0 atom stereocenters. The average Bonchev–Trinajstić information content (AvgIpc) is 3.02. The molecule has 2 N–H and O–H groups in total. The van der Waals surface area contributed by atoms with Gasteiger partial charge in [-0.05, 0) is 30.3 Å². The molecule has 0 saturated heterocycles. The van der Waals surface area contributed by atoms with Gasteiger partial charge < -0.3 is 10.1 Å². The van der Waals surface area contributed by atoms with Gasteiger partial charge in [0.2, 0.25) is 5.82 Å². The van der Waals surface area contributed by atoms with E-state index in [0.29, 0.717) is 0 Å². The van der Waals surface area contributed by atoms with Crippen LogP contribution >= 0.6 is 0 Å². The van der Waals surface area contributed by atoms with Gasteiger partial charge in [-0.2, -0.15) is 23.6 Å². The molecule has 1 aromatic heterocycles. The zero-order chi connectivity index (χ0) is 16.9. The van der Waals surface area contributed by atoms with Crippen molar-refractivity contribution in [3.63, 3.8) is 0 Å². The number of tetrazole rings is 1. The molecule has 23 heavy (non-hydrogen) atoms. The van der Waals surface area contributed by atoms with E-state index in [9.17, 15) is 13.2 Å². The van der Waals surface area contributed by atoms with Crippen LogP contribution in [0.1, 0.15) is 18.3 Å². The van der Waals surface area contributed by atoms with Crippen LogP contribution in [0, 0.1) is 11.3 Å². The van der Waals surface area contributed by atoms with Gasteiger partial charge in [-0.1, -0.05) is 0 Å². The molecule has 7 nitrogen and oxygen atoms in total. The number of rotatable bonds is 5. The lowest BCUT2D eigenvalue weighted by Gasteiger charge is -2.13. The second-order valence-electron chi connectivity index (χ2n) is 4.19. The Morgan fingerprint density at radius 1 is 1.48 bits per heavy atom. The smallest absolute Gasteiger partial charge is 0.416 e. The van der Waals surface area contributed by atoms with Crippen molar-refractivity contribution in [3.8, 4) is 11.8 Å². The molecule has 0 aliphatic rings. The Morgan fingerprint density at radius 2 is 2.26 bits per heavy atom. The van der Waals surface area contributed by atoms with Crippen LogP contribution in [0.15, 0.2) is 24.4 Å². The van der Waals surface area contributed by atoms with E-state index in [1.807, 2.05) is 6.07 Å². The summed E-state index contributed by atoms with van der Waals surface area (Å²) in [4.78, 5) is 0. The number of alkyl halides is 3. The number of allylic oxidation sites excluding steroid dienone is 1. The van der Waals surface area contributed by atoms with Crippen molar-refractivity contribution >= 4 is 11.3 Å². The Morgan fingerprint density at radius 3 is 2.83 bits per heavy atom. The van der Waals surface area contributed by atoms with Gasteiger partial charge in [0.25, 0.3) is 0 Å². The fourth-order valence-corrected chi connectivity index (χ4v) is 1.67. The summed E-state index contributed by atoms with van der Waals surface area (Å²) in [5.74, 6) is 0.243. The Hall–Kier alpha value is -3.09. The van der Waals surface area contributed by atoms with E-state index >= 15 is 0 Å². The Labute approximate surface area is 128 Å². The summed E-state index contributed by atoms with van der Waals surface area (Å²) in [6.45, 7) is 1.98. The first kappa shape index (κ1) is 16.3. The standard InChI is InChI=1S/C13H11F3N6O/c1-2-23-11-4-3-9(13(14,15)16)5-10(11)18-7-8(6-17)12-19-21-22-20-12/h3-5,7,18H,2H2,1H3,(H,19,20,21,22). The first-order chi connectivity index (χ1) is 11.0. The summed E-state index contributed by atoms with van der Waals surface area (Å²) >= 11 is 0. The molecule has 0 aliphatic heterocycles. The number of H-pyrrole nitrogens is 1. The van der Waals surface area contributed by atoms with Crippen LogP contribution in [-0.4, -0.2) is 27.2 Å². The number of nitriles is 1. The third kappa shape index (κ3) is 3.97. The van der Waals surface area contributed by atoms with Gasteiger partial charge in [-0.25, -0.2) is 0 Å². The summed E-state index contributed by atoms with van der Waals surface area (Å²) in [5, 5.41) is 24.4. The lowest BCUT2D eigenvalue weighted by molar-refractivity contribution is -0.137. The van der Waals surface area contributed by atoms with Crippen LogP contribution in [0.4, 0.5) is 18.9 Å².